The Bertz CT molecular complexity index is 535. The Balaban J connectivity index is 1.83. The minimum Gasteiger partial charge on any atom is -0.354 e. The molecule has 19 heavy (non-hydrogen) atoms. The molecule has 0 radical (unpaired) electrons. The summed E-state index contributed by atoms with van der Waals surface area (Å²) in [4.78, 5) is 16.1. The molecule has 0 aliphatic rings. The summed E-state index contributed by atoms with van der Waals surface area (Å²) < 4.78 is 1.93. The number of imidazole rings is 1. The van der Waals surface area contributed by atoms with Crippen molar-refractivity contribution in [2.75, 3.05) is 6.54 Å². The van der Waals surface area contributed by atoms with Crippen LogP contribution in [0.4, 0.5) is 0 Å². The van der Waals surface area contributed by atoms with E-state index in [0.717, 1.165) is 11.4 Å². The summed E-state index contributed by atoms with van der Waals surface area (Å²) in [5.74, 6) is 0.772. The molecule has 3 N–H and O–H groups in total. The van der Waals surface area contributed by atoms with Gasteiger partial charge in [0.1, 0.15) is 11.9 Å². The lowest BCUT2D eigenvalue weighted by Gasteiger charge is -2.12. The lowest BCUT2D eigenvalue weighted by Crippen LogP contribution is -2.35. The van der Waals surface area contributed by atoms with Crippen LogP contribution in [0.2, 0.25) is 0 Å². The molecule has 0 saturated heterocycles. The Labute approximate surface area is 112 Å². The molecule has 100 valence electrons. The minimum absolute atomic E-state index is 0.166. The number of aromatic nitrogens is 2. The molecular formula is C14H18N4O. The zero-order valence-corrected chi connectivity index (χ0v) is 10.9. The maximum absolute atomic E-state index is 11.9. The van der Waals surface area contributed by atoms with Crippen LogP contribution < -0.4 is 11.1 Å². The van der Waals surface area contributed by atoms with Crippen molar-refractivity contribution >= 4 is 5.91 Å². The van der Waals surface area contributed by atoms with Gasteiger partial charge >= 0.3 is 0 Å². The van der Waals surface area contributed by atoms with Crippen molar-refractivity contribution in [2.24, 2.45) is 12.8 Å². The third-order valence-corrected chi connectivity index (χ3v) is 3.01. The van der Waals surface area contributed by atoms with E-state index in [4.69, 9.17) is 5.73 Å². The zero-order chi connectivity index (χ0) is 13.7. The molecule has 0 fully saturated rings. The van der Waals surface area contributed by atoms with Gasteiger partial charge in [-0.3, -0.25) is 4.79 Å². The Hall–Kier alpha value is -2.14. The summed E-state index contributed by atoms with van der Waals surface area (Å²) in [6.07, 6.45) is 4.32. The van der Waals surface area contributed by atoms with Crippen molar-refractivity contribution in [3.63, 3.8) is 0 Å². The van der Waals surface area contributed by atoms with Gasteiger partial charge in [0.2, 0.25) is 5.91 Å². The molecule has 0 saturated carbocycles. The number of amides is 1. The maximum Gasteiger partial charge on any atom is 0.241 e. The average molecular weight is 258 g/mol. The summed E-state index contributed by atoms with van der Waals surface area (Å²) in [5, 5.41) is 2.83. The molecule has 1 aromatic heterocycles. The molecule has 0 aliphatic carbocycles. The van der Waals surface area contributed by atoms with Crippen LogP contribution in [0, 0.1) is 0 Å². The standard InChI is InChI=1S/C14H18N4O/c1-18-10-9-16-12(18)7-8-17-14(19)13(15)11-5-3-2-4-6-11/h2-6,9-10,13H,7-8,15H2,1H3,(H,17,19)/t13-/m0/s1. The van der Waals surface area contributed by atoms with Crippen LogP contribution in [-0.2, 0) is 18.3 Å². The third-order valence-electron chi connectivity index (χ3n) is 3.01. The van der Waals surface area contributed by atoms with Crippen molar-refractivity contribution < 1.29 is 4.79 Å². The minimum atomic E-state index is -0.623. The fourth-order valence-electron chi connectivity index (χ4n) is 1.86. The van der Waals surface area contributed by atoms with Crippen LogP contribution in [0.25, 0.3) is 0 Å². The van der Waals surface area contributed by atoms with Crippen LogP contribution in [0.1, 0.15) is 17.4 Å². The molecule has 1 atom stereocenters. The average Bonchev–Trinajstić information content (AvgIpc) is 2.84. The predicted molar refractivity (Wildman–Crippen MR) is 73.3 cm³/mol. The topological polar surface area (TPSA) is 72.9 Å². The molecule has 0 unspecified atom stereocenters. The van der Waals surface area contributed by atoms with Crippen LogP contribution >= 0.6 is 0 Å². The molecule has 2 aromatic rings. The monoisotopic (exact) mass is 258 g/mol. The van der Waals surface area contributed by atoms with Gasteiger partial charge < -0.3 is 15.6 Å². The van der Waals surface area contributed by atoms with Gasteiger partial charge in [-0.25, -0.2) is 4.98 Å². The molecule has 5 heteroatoms. The SMILES string of the molecule is Cn1ccnc1CCNC(=O)[C@@H](N)c1ccccc1. The fourth-order valence-corrected chi connectivity index (χ4v) is 1.86. The number of nitrogens with two attached hydrogens (primary N) is 1. The van der Waals surface area contributed by atoms with Crippen LogP contribution in [0.15, 0.2) is 42.7 Å². The lowest BCUT2D eigenvalue weighted by atomic mass is 10.1. The number of aryl methyl sites for hydroxylation is 1. The van der Waals surface area contributed by atoms with Gasteiger partial charge in [-0.05, 0) is 5.56 Å². The molecule has 0 spiro atoms. The second-order valence-electron chi connectivity index (χ2n) is 4.38. The first-order valence-electron chi connectivity index (χ1n) is 6.23. The van der Waals surface area contributed by atoms with Gasteiger partial charge in [0.15, 0.2) is 0 Å². The Morgan fingerprint density at radius 1 is 1.42 bits per heavy atom. The summed E-state index contributed by atoms with van der Waals surface area (Å²) in [5.41, 5.74) is 6.71. The Kier molecular flexibility index (Phi) is 4.30. The van der Waals surface area contributed by atoms with E-state index in [1.165, 1.54) is 0 Å². The van der Waals surface area contributed by atoms with E-state index in [1.807, 2.05) is 48.1 Å². The Morgan fingerprint density at radius 2 is 2.16 bits per heavy atom. The van der Waals surface area contributed by atoms with E-state index in [1.54, 1.807) is 6.20 Å². The highest BCUT2D eigenvalue weighted by Gasteiger charge is 2.14. The zero-order valence-electron chi connectivity index (χ0n) is 10.9. The normalized spacial score (nSPS) is 12.1. The molecule has 0 bridgehead atoms. The number of hydrogen-bond donors (Lipinski definition) is 2. The molecule has 1 amide bonds. The highest BCUT2D eigenvalue weighted by molar-refractivity contribution is 5.82. The molecular weight excluding hydrogens is 240 g/mol. The van der Waals surface area contributed by atoms with E-state index >= 15 is 0 Å². The summed E-state index contributed by atoms with van der Waals surface area (Å²) in [6.45, 7) is 0.532. The van der Waals surface area contributed by atoms with Gasteiger partial charge in [-0.15, -0.1) is 0 Å². The summed E-state index contributed by atoms with van der Waals surface area (Å²) >= 11 is 0. The largest absolute Gasteiger partial charge is 0.354 e. The Morgan fingerprint density at radius 3 is 2.79 bits per heavy atom. The highest BCUT2D eigenvalue weighted by atomic mass is 16.2. The molecule has 5 nitrogen and oxygen atoms in total. The number of hydrogen-bond acceptors (Lipinski definition) is 3. The second kappa shape index (κ2) is 6.15. The van der Waals surface area contributed by atoms with E-state index in [0.29, 0.717) is 13.0 Å². The van der Waals surface area contributed by atoms with Crippen molar-refractivity contribution in [3.05, 3.63) is 54.1 Å². The van der Waals surface area contributed by atoms with Crippen LogP contribution in [-0.4, -0.2) is 22.0 Å². The first-order chi connectivity index (χ1) is 9.18. The maximum atomic E-state index is 11.9. The summed E-state index contributed by atoms with van der Waals surface area (Å²) in [7, 11) is 1.93. The molecule has 1 heterocycles. The number of carbonyl (C=O) groups is 1. The van der Waals surface area contributed by atoms with Crippen molar-refractivity contribution in [3.8, 4) is 0 Å². The predicted octanol–water partition coefficient (Wildman–Crippen LogP) is 0.779. The van der Waals surface area contributed by atoms with Gasteiger partial charge in [0.05, 0.1) is 0 Å². The molecule has 1 aromatic carbocycles. The smallest absolute Gasteiger partial charge is 0.241 e. The lowest BCUT2D eigenvalue weighted by molar-refractivity contribution is -0.122. The fraction of sp³-hybridized carbons (Fsp3) is 0.286. The first kappa shape index (κ1) is 13.3. The number of carbonyl (C=O) groups excluding carboxylic acids is 1. The number of nitrogens with one attached hydrogen (secondary N) is 1. The van der Waals surface area contributed by atoms with Crippen molar-refractivity contribution in [1.82, 2.24) is 14.9 Å². The van der Waals surface area contributed by atoms with E-state index < -0.39 is 6.04 Å². The second-order valence-corrected chi connectivity index (χ2v) is 4.38. The first-order valence-corrected chi connectivity index (χ1v) is 6.23. The third kappa shape index (κ3) is 3.42. The van der Waals surface area contributed by atoms with Crippen LogP contribution in [0.5, 0.6) is 0 Å². The van der Waals surface area contributed by atoms with Crippen molar-refractivity contribution in [1.29, 1.82) is 0 Å². The van der Waals surface area contributed by atoms with Gasteiger partial charge in [0, 0.05) is 32.4 Å². The number of benzene rings is 1. The van der Waals surface area contributed by atoms with Gasteiger partial charge in [-0.2, -0.15) is 0 Å². The summed E-state index contributed by atoms with van der Waals surface area (Å²) in [6, 6.07) is 8.72. The van der Waals surface area contributed by atoms with E-state index in [2.05, 4.69) is 10.3 Å². The highest BCUT2D eigenvalue weighted by Crippen LogP contribution is 2.09. The van der Waals surface area contributed by atoms with Gasteiger partial charge in [0.25, 0.3) is 0 Å². The van der Waals surface area contributed by atoms with Crippen molar-refractivity contribution in [2.45, 2.75) is 12.5 Å². The van der Waals surface area contributed by atoms with E-state index in [-0.39, 0.29) is 5.91 Å². The quantitative estimate of drug-likeness (QED) is 0.832. The number of rotatable bonds is 5. The van der Waals surface area contributed by atoms with E-state index in [9.17, 15) is 4.79 Å². The molecule has 0 aliphatic heterocycles. The van der Waals surface area contributed by atoms with Crippen LogP contribution in [0.3, 0.4) is 0 Å². The molecule has 2 rings (SSSR count). The van der Waals surface area contributed by atoms with Gasteiger partial charge in [-0.1, -0.05) is 30.3 Å². The number of nitrogens with zero attached hydrogens (tertiary/aromatic N) is 2.